The molecule has 0 atom stereocenters. The molecule has 15 heavy (non-hydrogen) atoms. The highest BCUT2D eigenvalue weighted by molar-refractivity contribution is 5.81. The lowest BCUT2D eigenvalue weighted by Crippen LogP contribution is -2.25. The molecule has 1 aromatic rings. The van der Waals surface area contributed by atoms with Gasteiger partial charge in [-0.2, -0.15) is 0 Å². The maximum absolute atomic E-state index is 10.9. The molecular weight excluding hydrogens is 194 g/mol. The molecule has 1 N–H and O–H groups in total. The van der Waals surface area contributed by atoms with Crippen LogP contribution in [0.25, 0.3) is 0 Å². The first kappa shape index (κ1) is 11.2. The molecular formula is C11H13NO3. The molecule has 80 valence electrons. The molecule has 1 aromatic carbocycles. The molecule has 0 bridgehead atoms. The summed E-state index contributed by atoms with van der Waals surface area (Å²) in [6, 6.07) is 5.22. The quantitative estimate of drug-likeness (QED) is 0.747. The van der Waals surface area contributed by atoms with E-state index in [1.54, 1.807) is 12.1 Å². The highest BCUT2D eigenvalue weighted by Gasteiger charge is 2.05. The van der Waals surface area contributed by atoms with Gasteiger partial charge in [-0.15, -0.1) is 0 Å². The van der Waals surface area contributed by atoms with Gasteiger partial charge in [0.05, 0.1) is 5.56 Å². The van der Waals surface area contributed by atoms with Crippen molar-refractivity contribution >= 4 is 12.2 Å². The van der Waals surface area contributed by atoms with Gasteiger partial charge in [0.2, 0.25) is 0 Å². The smallest absolute Gasteiger partial charge is 0.257 e. The summed E-state index contributed by atoms with van der Waals surface area (Å²) in [6.07, 6.45) is 0.714. The van der Waals surface area contributed by atoms with Crippen LogP contribution in [0.15, 0.2) is 18.2 Å². The molecule has 0 aliphatic rings. The van der Waals surface area contributed by atoms with Crippen LogP contribution < -0.4 is 10.1 Å². The van der Waals surface area contributed by atoms with Crippen LogP contribution in [-0.2, 0) is 4.79 Å². The lowest BCUT2D eigenvalue weighted by molar-refractivity contribution is -0.122. The molecule has 0 radical (unpaired) electrons. The number of amides is 1. The molecule has 1 rings (SSSR count). The molecule has 0 aromatic heterocycles. The van der Waals surface area contributed by atoms with Crippen LogP contribution in [0, 0.1) is 6.92 Å². The lowest BCUT2D eigenvalue weighted by atomic mass is 10.1. The number of hydrogen-bond acceptors (Lipinski definition) is 3. The Hall–Kier alpha value is -1.84. The second-order valence-electron chi connectivity index (χ2n) is 3.12. The summed E-state index contributed by atoms with van der Waals surface area (Å²) in [4.78, 5) is 21.6. The van der Waals surface area contributed by atoms with Crippen molar-refractivity contribution in [3.63, 3.8) is 0 Å². The van der Waals surface area contributed by atoms with Crippen LogP contribution in [0.5, 0.6) is 5.75 Å². The summed E-state index contributed by atoms with van der Waals surface area (Å²) in [6.45, 7) is 1.80. The SMILES string of the molecule is CNC(=O)COc1ccc(C)cc1C=O. The third kappa shape index (κ3) is 3.09. The molecule has 0 saturated heterocycles. The molecule has 1 amide bonds. The van der Waals surface area contributed by atoms with Gasteiger partial charge >= 0.3 is 0 Å². The van der Waals surface area contributed by atoms with E-state index in [1.807, 2.05) is 13.0 Å². The highest BCUT2D eigenvalue weighted by atomic mass is 16.5. The minimum absolute atomic E-state index is 0.0829. The number of rotatable bonds is 4. The first-order valence-corrected chi connectivity index (χ1v) is 4.56. The van der Waals surface area contributed by atoms with Gasteiger partial charge in [0.15, 0.2) is 12.9 Å². The fourth-order valence-electron chi connectivity index (χ4n) is 1.11. The van der Waals surface area contributed by atoms with Crippen molar-refractivity contribution in [2.45, 2.75) is 6.92 Å². The van der Waals surface area contributed by atoms with Gasteiger partial charge in [-0.1, -0.05) is 11.6 Å². The van der Waals surface area contributed by atoms with Crippen molar-refractivity contribution in [3.8, 4) is 5.75 Å². The third-order valence-corrected chi connectivity index (χ3v) is 1.93. The van der Waals surface area contributed by atoms with Crippen molar-refractivity contribution in [2.75, 3.05) is 13.7 Å². The minimum Gasteiger partial charge on any atom is -0.483 e. The zero-order valence-electron chi connectivity index (χ0n) is 8.74. The van der Waals surface area contributed by atoms with Crippen LogP contribution in [0.4, 0.5) is 0 Å². The summed E-state index contributed by atoms with van der Waals surface area (Å²) in [5.41, 5.74) is 1.43. The normalized spacial score (nSPS) is 9.47. The molecule has 0 heterocycles. The predicted octanol–water partition coefficient (Wildman–Crippen LogP) is 0.932. The number of hydrogen-bond donors (Lipinski definition) is 1. The average Bonchev–Trinajstić information content (AvgIpc) is 2.26. The Bertz CT molecular complexity index is 374. The molecule has 0 aliphatic carbocycles. The number of likely N-dealkylation sites (N-methyl/N-ethyl adjacent to an activating group) is 1. The van der Waals surface area contributed by atoms with Crippen molar-refractivity contribution < 1.29 is 14.3 Å². The Morgan fingerprint density at radius 1 is 1.53 bits per heavy atom. The van der Waals surface area contributed by atoms with Crippen molar-refractivity contribution in [3.05, 3.63) is 29.3 Å². The largest absolute Gasteiger partial charge is 0.483 e. The van der Waals surface area contributed by atoms with E-state index < -0.39 is 0 Å². The molecule has 0 fully saturated rings. The van der Waals surface area contributed by atoms with Gasteiger partial charge in [-0.3, -0.25) is 9.59 Å². The Kier molecular flexibility index (Phi) is 3.85. The topological polar surface area (TPSA) is 55.4 Å². The number of carbonyl (C=O) groups excluding carboxylic acids is 2. The molecule has 4 heteroatoms. The van der Waals surface area contributed by atoms with Gasteiger partial charge in [-0.05, 0) is 19.1 Å². The van der Waals surface area contributed by atoms with Crippen LogP contribution in [0.3, 0.4) is 0 Å². The first-order valence-electron chi connectivity index (χ1n) is 4.56. The lowest BCUT2D eigenvalue weighted by Gasteiger charge is -2.07. The summed E-state index contributed by atoms with van der Waals surface area (Å²) in [5, 5.41) is 2.43. The second kappa shape index (κ2) is 5.14. The maximum Gasteiger partial charge on any atom is 0.257 e. The van der Waals surface area contributed by atoms with Crippen LogP contribution in [0.2, 0.25) is 0 Å². The van der Waals surface area contributed by atoms with Gasteiger partial charge in [0, 0.05) is 7.05 Å². The third-order valence-electron chi connectivity index (χ3n) is 1.93. The second-order valence-corrected chi connectivity index (χ2v) is 3.12. The number of aldehydes is 1. The Morgan fingerprint density at radius 2 is 2.27 bits per heavy atom. The predicted molar refractivity (Wildman–Crippen MR) is 56.1 cm³/mol. The average molecular weight is 207 g/mol. The summed E-state index contributed by atoms with van der Waals surface area (Å²) in [5.74, 6) is 0.201. The number of carbonyl (C=O) groups is 2. The number of benzene rings is 1. The minimum atomic E-state index is -0.229. The van der Waals surface area contributed by atoms with Crippen LogP contribution in [-0.4, -0.2) is 25.8 Å². The van der Waals surface area contributed by atoms with Gasteiger partial charge < -0.3 is 10.1 Å². The van der Waals surface area contributed by atoms with E-state index in [-0.39, 0.29) is 12.5 Å². The van der Waals surface area contributed by atoms with Crippen LogP contribution >= 0.6 is 0 Å². The Morgan fingerprint density at radius 3 is 2.87 bits per heavy atom. The zero-order valence-corrected chi connectivity index (χ0v) is 8.74. The molecule has 0 unspecified atom stereocenters. The summed E-state index contributed by atoms with van der Waals surface area (Å²) >= 11 is 0. The first-order chi connectivity index (χ1) is 7.17. The highest BCUT2D eigenvalue weighted by Crippen LogP contribution is 2.17. The Labute approximate surface area is 88.2 Å². The molecule has 4 nitrogen and oxygen atoms in total. The van der Waals surface area contributed by atoms with E-state index in [1.165, 1.54) is 7.05 Å². The summed E-state index contributed by atoms with van der Waals surface area (Å²) < 4.78 is 5.19. The van der Waals surface area contributed by atoms with E-state index >= 15 is 0 Å². The van der Waals surface area contributed by atoms with Gasteiger partial charge in [-0.25, -0.2) is 0 Å². The Balaban J connectivity index is 2.76. The fraction of sp³-hybridized carbons (Fsp3) is 0.273. The van der Waals surface area contributed by atoms with Crippen molar-refractivity contribution in [1.82, 2.24) is 5.32 Å². The standard InChI is InChI=1S/C11H13NO3/c1-8-3-4-10(9(5-8)6-13)15-7-11(14)12-2/h3-6H,7H2,1-2H3,(H,12,14). The van der Waals surface area contributed by atoms with E-state index in [4.69, 9.17) is 4.74 Å². The van der Waals surface area contributed by atoms with Crippen molar-refractivity contribution in [2.24, 2.45) is 0 Å². The van der Waals surface area contributed by atoms with E-state index in [0.29, 0.717) is 17.6 Å². The zero-order chi connectivity index (χ0) is 11.3. The monoisotopic (exact) mass is 207 g/mol. The molecule has 0 aliphatic heterocycles. The fourth-order valence-corrected chi connectivity index (χ4v) is 1.11. The van der Waals surface area contributed by atoms with Crippen LogP contribution in [0.1, 0.15) is 15.9 Å². The van der Waals surface area contributed by atoms with E-state index in [9.17, 15) is 9.59 Å². The van der Waals surface area contributed by atoms with Crippen molar-refractivity contribution in [1.29, 1.82) is 0 Å². The maximum atomic E-state index is 10.9. The van der Waals surface area contributed by atoms with Gasteiger partial charge in [0.25, 0.3) is 5.91 Å². The number of nitrogens with one attached hydrogen (secondary N) is 1. The number of aryl methyl sites for hydroxylation is 1. The van der Waals surface area contributed by atoms with E-state index in [2.05, 4.69) is 5.32 Å². The van der Waals surface area contributed by atoms with Gasteiger partial charge in [0.1, 0.15) is 5.75 Å². The molecule has 0 saturated carbocycles. The molecule has 0 spiro atoms. The number of ether oxygens (including phenoxy) is 1. The summed E-state index contributed by atoms with van der Waals surface area (Å²) in [7, 11) is 1.53. The van der Waals surface area contributed by atoms with E-state index in [0.717, 1.165) is 5.56 Å².